The highest BCUT2D eigenvalue weighted by Crippen LogP contribution is 2.32. The van der Waals surface area contributed by atoms with Gasteiger partial charge in [0.15, 0.2) is 17.3 Å². The number of aromatic nitrogens is 2. The van der Waals surface area contributed by atoms with E-state index in [0.29, 0.717) is 36.3 Å². The molecule has 132 valence electrons. The lowest BCUT2D eigenvalue weighted by atomic mass is 9.97. The first-order valence-corrected chi connectivity index (χ1v) is 8.74. The van der Waals surface area contributed by atoms with Gasteiger partial charge in [-0.3, -0.25) is 4.79 Å². The molecule has 3 heterocycles. The molecule has 0 bridgehead atoms. The van der Waals surface area contributed by atoms with Gasteiger partial charge in [-0.25, -0.2) is 0 Å². The van der Waals surface area contributed by atoms with E-state index in [-0.39, 0.29) is 18.4 Å². The first-order valence-electron chi connectivity index (χ1n) is 8.74. The van der Waals surface area contributed by atoms with Crippen LogP contribution < -0.4 is 9.47 Å². The molecule has 1 fully saturated rings. The number of piperidine rings is 1. The fourth-order valence-corrected chi connectivity index (χ4v) is 3.30. The SMILES string of the molecule is CCc1noc(C2CCCN(C(=O)C3COc4ccccc4O3)C2)n1. The number of rotatable bonds is 3. The zero-order chi connectivity index (χ0) is 17.2. The van der Waals surface area contributed by atoms with E-state index in [0.717, 1.165) is 19.3 Å². The Labute approximate surface area is 145 Å². The van der Waals surface area contributed by atoms with E-state index in [1.54, 1.807) is 0 Å². The molecule has 2 aliphatic rings. The van der Waals surface area contributed by atoms with Crippen LogP contribution in [0.5, 0.6) is 11.5 Å². The predicted octanol–water partition coefficient (Wildman–Crippen LogP) is 2.18. The summed E-state index contributed by atoms with van der Waals surface area (Å²) in [4.78, 5) is 19.1. The number of hydrogen-bond donors (Lipinski definition) is 0. The average Bonchev–Trinajstić information content (AvgIpc) is 3.16. The van der Waals surface area contributed by atoms with E-state index in [4.69, 9.17) is 14.0 Å². The zero-order valence-electron chi connectivity index (χ0n) is 14.2. The fourth-order valence-electron chi connectivity index (χ4n) is 3.30. The predicted molar refractivity (Wildman–Crippen MR) is 88.6 cm³/mol. The van der Waals surface area contributed by atoms with Gasteiger partial charge in [0.1, 0.15) is 6.61 Å². The molecule has 4 rings (SSSR count). The van der Waals surface area contributed by atoms with E-state index in [1.165, 1.54) is 0 Å². The Bertz CT molecular complexity index is 760. The van der Waals surface area contributed by atoms with Crippen LogP contribution >= 0.6 is 0 Å². The number of hydrogen-bond acceptors (Lipinski definition) is 6. The monoisotopic (exact) mass is 343 g/mol. The maximum absolute atomic E-state index is 12.9. The summed E-state index contributed by atoms with van der Waals surface area (Å²) in [7, 11) is 0. The van der Waals surface area contributed by atoms with Crippen molar-refractivity contribution in [1.29, 1.82) is 0 Å². The Kier molecular flexibility index (Phi) is 4.29. The average molecular weight is 343 g/mol. The third kappa shape index (κ3) is 3.18. The number of likely N-dealkylation sites (tertiary alicyclic amines) is 1. The van der Waals surface area contributed by atoms with Gasteiger partial charge in [-0.15, -0.1) is 0 Å². The summed E-state index contributed by atoms with van der Waals surface area (Å²) in [5.74, 6) is 2.67. The molecule has 2 unspecified atom stereocenters. The second-order valence-corrected chi connectivity index (χ2v) is 6.39. The van der Waals surface area contributed by atoms with Crippen molar-refractivity contribution >= 4 is 5.91 Å². The minimum atomic E-state index is -0.609. The number of para-hydroxylation sites is 2. The number of benzene rings is 1. The highest BCUT2D eigenvalue weighted by molar-refractivity contribution is 5.82. The minimum absolute atomic E-state index is 0.0468. The normalized spacial score (nSPS) is 22.7. The molecule has 0 saturated carbocycles. The summed E-state index contributed by atoms with van der Waals surface area (Å²) in [6, 6.07) is 7.41. The van der Waals surface area contributed by atoms with Gasteiger partial charge >= 0.3 is 0 Å². The Morgan fingerprint density at radius 2 is 2.16 bits per heavy atom. The van der Waals surface area contributed by atoms with Crippen molar-refractivity contribution in [2.24, 2.45) is 0 Å². The van der Waals surface area contributed by atoms with Crippen molar-refractivity contribution in [3.8, 4) is 11.5 Å². The van der Waals surface area contributed by atoms with Crippen LogP contribution in [0.4, 0.5) is 0 Å². The van der Waals surface area contributed by atoms with E-state index >= 15 is 0 Å². The zero-order valence-corrected chi connectivity index (χ0v) is 14.2. The lowest BCUT2D eigenvalue weighted by Crippen LogP contribution is -2.49. The molecular weight excluding hydrogens is 322 g/mol. The number of carbonyl (C=O) groups is 1. The van der Waals surface area contributed by atoms with E-state index in [2.05, 4.69) is 10.1 Å². The molecule has 0 aliphatic carbocycles. The van der Waals surface area contributed by atoms with E-state index < -0.39 is 6.10 Å². The first kappa shape index (κ1) is 15.9. The summed E-state index contributed by atoms with van der Waals surface area (Å²) in [6.07, 6.45) is 1.98. The smallest absolute Gasteiger partial charge is 0.267 e. The third-order valence-corrected chi connectivity index (χ3v) is 4.67. The van der Waals surface area contributed by atoms with Gasteiger partial charge in [-0.2, -0.15) is 4.98 Å². The second-order valence-electron chi connectivity index (χ2n) is 6.39. The fraction of sp³-hybridized carbons (Fsp3) is 0.500. The molecule has 1 saturated heterocycles. The lowest BCUT2D eigenvalue weighted by Gasteiger charge is -2.35. The topological polar surface area (TPSA) is 77.7 Å². The molecule has 1 amide bonds. The van der Waals surface area contributed by atoms with Crippen molar-refractivity contribution < 1.29 is 18.8 Å². The first-order chi connectivity index (χ1) is 12.2. The van der Waals surface area contributed by atoms with Gasteiger partial charge in [0.2, 0.25) is 12.0 Å². The molecular formula is C18H21N3O4. The highest BCUT2D eigenvalue weighted by Gasteiger charge is 2.35. The summed E-state index contributed by atoms with van der Waals surface area (Å²) in [5.41, 5.74) is 0. The molecule has 7 nitrogen and oxygen atoms in total. The molecule has 2 atom stereocenters. The molecule has 0 radical (unpaired) electrons. The van der Waals surface area contributed by atoms with Gasteiger partial charge in [-0.05, 0) is 25.0 Å². The molecule has 7 heteroatoms. The number of nitrogens with zero attached hydrogens (tertiary/aromatic N) is 3. The molecule has 2 aliphatic heterocycles. The van der Waals surface area contributed by atoms with Crippen LogP contribution in [0.2, 0.25) is 0 Å². The summed E-state index contributed by atoms with van der Waals surface area (Å²) >= 11 is 0. The molecule has 2 aromatic rings. The number of aryl methyl sites for hydroxylation is 1. The quantitative estimate of drug-likeness (QED) is 0.850. The van der Waals surface area contributed by atoms with Crippen molar-refractivity contribution in [2.45, 2.75) is 38.2 Å². The summed E-state index contributed by atoms with van der Waals surface area (Å²) in [5, 5.41) is 3.96. The molecule has 0 N–H and O–H groups in total. The van der Waals surface area contributed by atoms with Crippen LogP contribution in [0.1, 0.15) is 37.4 Å². The molecule has 0 spiro atoms. The van der Waals surface area contributed by atoms with E-state index in [1.807, 2.05) is 36.1 Å². The van der Waals surface area contributed by atoms with Crippen molar-refractivity contribution in [3.05, 3.63) is 36.0 Å². The molecule has 25 heavy (non-hydrogen) atoms. The van der Waals surface area contributed by atoms with Gasteiger partial charge in [0.25, 0.3) is 5.91 Å². The Balaban J connectivity index is 1.43. The number of fused-ring (bicyclic) bond motifs is 1. The Hall–Kier alpha value is -2.57. The van der Waals surface area contributed by atoms with Crippen LogP contribution in [-0.2, 0) is 11.2 Å². The van der Waals surface area contributed by atoms with Crippen LogP contribution in [0.15, 0.2) is 28.8 Å². The highest BCUT2D eigenvalue weighted by atomic mass is 16.6. The standard InChI is InChI=1S/C18H21N3O4/c1-2-16-19-17(25-20-16)12-6-5-9-21(10-12)18(22)15-11-23-13-7-3-4-8-14(13)24-15/h3-4,7-8,12,15H,2,5-6,9-11H2,1H3. The minimum Gasteiger partial charge on any atom is -0.485 e. The van der Waals surface area contributed by atoms with Gasteiger partial charge in [-0.1, -0.05) is 24.2 Å². The lowest BCUT2D eigenvalue weighted by molar-refractivity contribution is -0.142. The maximum Gasteiger partial charge on any atom is 0.267 e. The largest absolute Gasteiger partial charge is 0.485 e. The van der Waals surface area contributed by atoms with Gasteiger partial charge in [0, 0.05) is 19.5 Å². The molecule has 1 aromatic carbocycles. The Morgan fingerprint density at radius 1 is 1.32 bits per heavy atom. The van der Waals surface area contributed by atoms with Crippen molar-refractivity contribution in [2.75, 3.05) is 19.7 Å². The van der Waals surface area contributed by atoms with Crippen LogP contribution in [0.25, 0.3) is 0 Å². The number of carbonyl (C=O) groups excluding carboxylic acids is 1. The van der Waals surface area contributed by atoms with Gasteiger partial charge in [0.05, 0.1) is 5.92 Å². The second kappa shape index (κ2) is 6.74. The van der Waals surface area contributed by atoms with Gasteiger partial charge < -0.3 is 18.9 Å². The third-order valence-electron chi connectivity index (χ3n) is 4.67. The summed E-state index contributed by atoms with van der Waals surface area (Å²) < 4.78 is 16.9. The van der Waals surface area contributed by atoms with Crippen LogP contribution in [0, 0.1) is 0 Å². The van der Waals surface area contributed by atoms with Crippen molar-refractivity contribution in [3.63, 3.8) is 0 Å². The van der Waals surface area contributed by atoms with Crippen LogP contribution in [0.3, 0.4) is 0 Å². The molecule has 1 aromatic heterocycles. The Morgan fingerprint density at radius 3 is 2.96 bits per heavy atom. The van der Waals surface area contributed by atoms with Crippen molar-refractivity contribution in [1.82, 2.24) is 15.0 Å². The maximum atomic E-state index is 12.9. The summed E-state index contributed by atoms with van der Waals surface area (Å²) in [6.45, 7) is 3.51. The number of amides is 1. The number of ether oxygens (including phenoxy) is 2. The van der Waals surface area contributed by atoms with Crippen LogP contribution in [-0.4, -0.2) is 46.7 Å². The van der Waals surface area contributed by atoms with E-state index in [9.17, 15) is 4.79 Å².